The van der Waals surface area contributed by atoms with Gasteiger partial charge in [-0.25, -0.2) is 9.59 Å². The molecule has 0 saturated heterocycles. The van der Waals surface area contributed by atoms with Crippen molar-refractivity contribution in [1.82, 2.24) is 5.32 Å². The molecule has 0 spiro atoms. The van der Waals surface area contributed by atoms with E-state index in [1.807, 2.05) is 6.26 Å². The number of urea groups is 1. The van der Waals surface area contributed by atoms with Gasteiger partial charge in [0.1, 0.15) is 6.04 Å². The number of fused-ring (bicyclic) bond motifs is 1. The van der Waals surface area contributed by atoms with Crippen molar-refractivity contribution in [3.63, 3.8) is 0 Å². The number of thioether (sulfide) groups is 1. The number of anilines is 1. The second kappa shape index (κ2) is 9.18. The van der Waals surface area contributed by atoms with Gasteiger partial charge in [0.25, 0.3) is 5.91 Å². The molecule has 1 aliphatic heterocycles. The average Bonchev–Trinajstić information content (AvgIpc) is 3.05. The van der Waals surface area contributed by atoms with Gasteiger partial charge < -0.3 is 30.6 Å². The normalized spacial score (nSPS) is 14.2. The van der Waals surface area contributed by atoms with Crippen molar-refractivity contribution in [2.24, 2.45) is 5.73 Å². The van der Waals surface area contributed by atoms with Crippen LogP contribution in [0.4, 0.5) is 10.5 Å². The van der Waals surface area contributed by atoms with Crippen molar-refractivity contribution in [3.05, 3.63) is 18.2 Å². The third-order valence-corrected chi connectivity index (χ3v) is 4.16. The summed E-state index contributed by atoms with van der Waals surface area (Å²) in [6.07, 6.45) is 1.16. The first-order chi connectivity index (χ1) is 12.4. The highest BCUT2D eigenvalue weighted by atomic mass is 32.2. The number of benzene rings is 1. The van der Waals surface area contributed by atoms with Crippen LogP contribution >= 0.6 is 11.8 Å². The van der Waals surface area contributed by atoms with Gasteiger partial charge in [-0.15, -0.1) is 0 Å². The van der Waals surface area contributed by atoms with Gasteiger partial charge in [0, 0.05) is 11.8 Å². The molecule has 0 unspecified atom stereocenters. The van der Waals surface area contributed by atoms with Gasteiger partial charge in [0.05, 0.1) is 0 Å². The van der Waals surface area contributed by atoms with Crippen LogP contribution in [0.15, 0.2) is 18.2 Å². The molecule has 0 aromatic heterocycles. The number of hydrogen-bond acceptors (Lipinski definition) is 7. The molecule has 2 rings (SSSR count). The molecule has 1 aliphatic rings. The van der Waals surface area contributed by atoms with Crippen LogP contribution in [0, 0.1) is 0 Å². The molecular weight excluding hydrogens is 362 g/mol. The third-order valence-electron chi connectivity index (χ3n) is 3.51. The number of hydrogen-bond donors (Lipinski definition) is 3. The van der Waals surface area contributed by atoms with E-state index in [0.29, 0.717) is 29.4 Å². The van der Waals surface area contributed by atoms with Crippen LogP contribution in [-0.2, 0) is 14.3 Å². The molecule has 4 N–H and O–H groups in total. The lowest BCUT2D eigenvalue weighted by atomic mass is 10.2. The maximum absolute atomic E-state index is 12.2. The molecule has 0 fully saturated rings. The maximum atomic E-state index is 12.2. The Bertz CT molecular complexity index is 684. The van der Waals surface area contributed by atoms with E-state index in [2.05, 4.69) is 10.6 Å². The topological polar surface area (TPSA) is 129 Å². The number of nitrogens with two attached hydrogens (primary N) is 1. The number of carbonyl (C=O) groups excluding carboxylic acids is 3. The summed E-state index contributed by atoms with van der Waals surface area (Å²) in [5.41, 5.74) is 5.56. The Kier molecular flexibility index (Phi) is 6.96. The molecule has 26 heavy (non-hydrogen) atoms. The van der Waals surface area contributed by atoms with E-state index in [1.54, 1.807) is 18.2 Å². The molecule has 10 heteroatoms. The van der Waals surface area contributed by atoms with Gasteiger partial charge in [-0.2, -0.15) is 11.8 Å². The minimum absolute atomic E-state index is 0.130. The highest BCUT2D eigenvalue weighted by Gasteiger charge is 2.26. The molecule has 142 valence electrons. The Hall–Kier alpha value is -2.62. The first-order valence-electron chi connectivity index (χ1n) is 7.86. The van der Waals surface area contributed by atoms with Crippen LogP contribution in [0.5, 0.6) is 11.5 Å². The number of ether oxygens (including phenoxy) is 3. The fourth-order valence-corrected chi connectivity index (χ4v) is 2.66. The highest BCUT2D eigenvalue weighted by Crippen LogP contribution is 2.34. The lowest BCUT2D eigenvalue weighted by molar-refractivity contribution is -0.155. The van der Waals surface area contributed by atoms with Crippen molar-refractivity contribution in [2.45, 2.75) is 25.5 Å². The van der Waals surface area contributed by atoms with Gasteiger partial charge in [0.15, 0.2) is 17.6 Å². The van der Waals surface area contributed by atoms with Crippen molar-refractivity contribution < 1.29 is 28.6 Å². The Morgan fingerprint density at radius 2 is 2.04 bits per heavy atom. The molecule has 0 saturated carbocycles. The lowest BCUT2D eigenvalue weighted by Gasteiger charge is -2.19. The van der Waals surface area contributed by atoms with Crippen molar-refractivity contribution in [3.8, 4) is 11.5 Å². The fourth-order valence-electron chi connectivity index (χ4n) is 2.18. The van der Waals surface area contributed by atoms with Gasteiger partial charge in [-0.3, -0.25) is 4.79 Å². The first-order valence-corrected chi connectivity index (χ1v) is 9.26. The minimum Gasteiger partial charge on any atom is -0.454 e. The predicted molar refractivity (Wildman–Crippen MR) is 96.3 cm³/mol. The Balaban J connectivity index is 1.92. The first kappa shape index (κ1) is 19.7. The fraction of sp³-hybridized carbons (Fsp3) is 0.438. The van der Waals surface area contributed by atoms with Gasteiger partial charge in [-0.1, -0.05) is 0 Å². The van der Waals surface area contributed by atoms with E-state index >= 15 is 0 Å². The molecule has 0 aliphatic carbocycles. The molecule has 0 radical (unpaired) electrons. The van der Waals surface area contributed by atoms with E-state index in [1.165, 1.54) is 18.7 Å². The summed E-state index contributed by atoms with van der Waals surface area (Å²) in [5, 5.41) is 4.96. The minimum atomic E-state index is -1.06. The van der Waals surface area contributed by atoms with E-state index in [4.69, 9.17) is 19.9 Å². The van der Waals surface area contributed by atoms with Crippen LogP contribution in [0.25, 0.3) is 0 Å². The molecule has 0 bridgehead atoms. The Morgan fingerprint density at radius 3 is 2.73 bits per heavy atom. The number of esters is 1. The number of nitrogens with one attached hydrogen (secondary N) is 2. The summed E-state index contributed by atoms with van der Waals surface area (Å²) in [4.78, 5) is 35.4. The maximum Gasteiger partial charge on any atom is 0.329 e. The quantitative estimate of drug-likeness (QED) is 0.573. The summed E-state index contributed by atoms with van der Waals surface area (Å²) in [6, 6.07) is 3.20. The second-order valence-electron chi connectivity index (χ2n) is 5.48. The van der Waals surface area contributed by atoms with Crippen LogP contribution in [0.3, 0.4) is 0 Å². The predicted octanol–water partition coefficient (Wildman–Crippen LogP) is 1.08. The van der Waals surface area contributed by atoms with Crippen LogP contribution in [0.1, 0.15) is 13.3 Å². The van der Waals surface area contributed by atoms with Crippen molar-refractivity contribution in [1.29, 1.82) is 0 Å². The van der Waals surface area contributed by atoms with Gasteiger partial charge in [-0.05, 0) is 37.5 Å². The number of amides is 3. The van der Waals surface area contributed by atoms with E-state index < -0.39 is 30.1 Å². The standard InChI is InChI=1S/C16H21N3O6S/c1-9(25-15(21)11(5-6-26-2)19-16(17)22)14(20)18-10-3-4-12-13(7-10)24-8-23-12/h3-4,7,9,11H,5-6,8H2,1-2H3,(H,18,20)(H3,17,19,22)/t9-,11-/m0/s1. The number of primary amides is 1. The zero-order valence-electron chi connectivity index (χ0n) is 14.4. The van der Waals surface area contributed by atoms with E-state index in [0.717, 1.165) is 0 Å². The third kappa shape index (κ3) is 5.45. The average molecular weight is 383 g/mol. The van der Waals surface area contributed by atoms with Crippen molar-refractivity contribution in [2.75, 3.05) is 24.1 Å². The zero-order chi connectivity index (χ0) is 19.1. The lowest BCUT2D eigenvalue weighted by Crippen LogP contribution is -2.46. The summed E-state index contributed by atoms with van der Waals surface area (Å²) in [7, 11) is 0. The van der Waals surface area contributed by atoms with Gasteiger partial charge >= 0.3 is 12.0 Å². The van der Waals surface area contributed by atoms with Gasteiger partial charge in [0.2, 0.25) is 6.79 Å². The molecule has 9 nitrogen and oxygen atoms in total. The monoisotopic (exact) mass is 383 g/mol. The Morgan fingerprint density at radius 1 is 1.31 bits per heavy atom. The smallest absolute Gasteiger partial charge is 0.329 e. The van der Waals surface area contributed by atoms with Crippen LogP contribution in [-0.4, -0.2) is 48.9 Å². The molecule has 1 aromatic carbocycles. The SMILES string of the molecule is CSCC[C@H](NC(N)=O)C(=O)O[C@@H](C)C(=O)Nc1ccc2c(c1)OCO2. The van der Waals surface area contributed by atoms with Crippen molar-refractivity contribution >= 4 is 35.4 Å². The number of rotatable bonds is 8. The largest absolute Gasteiger partial charge is 0.454 e. The molecule has 2 atom stereocenters. The van der Waals surface area contributed by atoms with Crippen LogP contribution in [0.2, 0.25) is 0 Å². The molecule has 1 aromatic rings. The van der Waals surface area contributed by atoms with E-state index in [-0.39, 0.29) is 6.79 Å². The van der Waals surface area contributed by atoms with Crippen LogP contribution < -0.4 is 25.8 Å². The second-order valence-corrected chi connectivity index (χ2v) is 6.46. The Labute approximate surface area is 154 Å². The summed E-state index contributed by atoms with van der Waals surface area (Å²) < 4.78 is 15.6. The zero-order valence-corrected chi connectivity index (χ0v) is 15.3. The number of carbonyl (C=O) groups is 3. The van der Waals surface area contributed by atoms with E-state index in [9.17, 15) is 14.4 Å². The summed E-state index contributed by atoms with van der Waals surface area (Å²) in [5.74, 6) is 0.510. The molecular formula is C16H21N3O6S. The molecule has 3 amide bonds. The summed E-state index contributed by atoms with van der Waals surface area (Å²) >= 11 is 1.51. The molecule has 1 heterocycles. The highest BCUT2D eigenvalue weighted by molar-refractivity contribution is 7.98. The summed E-state index contributed by atoms with van der Waals surface area (Å²) in [6.45, 7) is 1.57.